The maximum absolute atomic E-state index is 11.8. The topological polar surface area (TPSA) is 82.2 Å². The van der Waals surface area contributed by atoms with Gasteiger partial charge in [-0.25, -0.2) is 0 Å². The highest BCUT2D eigenvalue weighted by molar-refractivity contribution is 5.92. The first-order valence-corrected chi connectivity index (χ1v) is 5.88. The SMILES string of the molecule is Cn1cc(OCC(=O)Nc2ccccc2CN)cn1. The minimum atomic E-state index is -0.232. The van der Waals surface area contributed by atoms with Gasteiger partial charge in [-0.2, -0.15) is 5.10 Å². The standard InChI is InChI=1S/C13H16N4O2/c1-17-8-11(7-15-17)19-9-13(18)16-12-5-3-2-4-10(12)6-14/h2-5,7-8H,6,9,14H2,1H3,(H,16,18). The van der Waals surface area contributed by atoms with Crippen molar-refractivity contribution in [2.75, 3.05) is 11.9 Å². The van der Waals surface area contributed by atoms with Crippen molar-refractivity contribution in [1.82, 2.24) is 9.78 Å². The number of amides is 1. The van der Waals surface area contributed by atoms with Gasteiger partial charge in [-0.15, -0.1) is 0 Å². The molecule has 1 aromatic heterocycles. The number of hydrogen-bond donors (Lipinski definition) is 2. The molecular weight excluding hydrogens is 244 g/mol. The fourth-order valence-electron chi connectivity index (χ4n) is 1.63. The van der Waals surface area contributed by atoms with Crippen molar-refractivity contribution < 1.29 is 9.53 Å². The van der Waals surface area contributed by atoms with Crippen molar-refractivity contribution in [3.63, 3.8) is 0 Å². The van der Waals surface area contributed by atoms with Gasteiger partial charge in [-0.05, 0) is 11.6 Å². The van der Waals surface area contributed by atoms with Crippen LogP contribution in [0.5, 0.6) is 5.75 Å². The van der Waals surface area contributed by atoms with E-state index < -0.39 is 0 Å². The van der Waals surface area contributed by atoms with Crippen molar-refractivity contribution in [2.24, 2.45) is 12.8 Å². The highest BCUT2D eigenvalue weighted by atomic mass is 16.5. The van der Waals surface area contributed by atoms with Gasteiger partial charge >= 0.3 is 0 Å². The molecule has 0 fully saturated rings. The molecule has 6 heteroatoms. The molecule has 0 atom stereocenters. The number of hydrogen-bond acceptors (Lipinski definition) is 4. The number of nitrogens with two attached hydrogens (primary N) is 1. The van der Waals surface area contributed by atoms with Crippen LogP contribution >= 0.6 is 0 Å². The van der Waals surface area contributed by atoms with Gasteiger partial charge in [0.2, 0.25) is 0 Å². The zero-order chi connectivity index (χ0) is 13.7. The fourth-order valence-corrected chi connectivity index (χ4v) is 1.63. The van der Waals surface area contributed by atoms with Crippen LogP contribution in [0.4, 0.5) is 5.69 Å². The van der Waals surface area contributed by atoms with Crippen molar-refractivity contribution in [1.29, 1.82) is 0 Å². The Balaban J connectivity index is 1.90. The predicted octanol–water partition coefficient (Wildman–Crippen LogP) is 0.896. The summed E-state index contributed by atoms with van der Waals surface area (Å²) in [4.78, 5) is 11.8. The lowest BCUT2D eigenvalue weighted by molar-refractivity contribution is -0.118. The molecule has 100 valence electrons. The number of anilines is 1. The third-order valence-electron chi connectivity index (χ3n) is 2.56. The van der Waals surface area contributed by atoms with Gasteiger partial charge in [-0.1, -0.05) is 18.2 Å². The Morgan fingerprint density at radius 2 is 2.26 bits per heavy atom. The van der Waals surface area contributed by atoms with Gasteiger partial charge in [0.25, 0.3) is 5.91 Å². The van der Waals surface area contributed by atoms with Gasteiger partial charge in [0.15, 0.2) is 12.4 Å². The summed E-state index contributed by atoms with van der Waals surface area (Å²) in [5.74, 6) is 0.328. The Bertz CT molecular complexity index is 565. The molecule has 2 aromatic rings. The fraction of sp³-hybridized carbons (Fsp3) is 0.231. The Kier molecular flexibility index (Phi) is 4.15. The summed E-state index contributed by atoms with van der Waals surface area (Å²) in [7, 11) is 1.78. The molecule has 0 unspecified atom stereocenters. The molecule has 0 radical (unpaired) electrons. The second-order valence-electron chi connectivity index (χ2n) is 4.05. The van der Waals surface area contributed by atoms with Crippen molar-refractivity contribution >= 4 is 11.6 Å². The molecule has 0 spiro atoms. The second-order valence-corrected chi connectivity index (χ2v) is 4.05. The highest BCUT2D eigenvalue weighted by Gasteiger charge is 2.07. The summed E-state index contributed by atoms with van der Waals surface area (Å²) in [6.07, 6.45) is 3.25. The number of aromatic nitrogens is 2. The van der Waals surface area contributed by atoms with E-state index in [9.17, 15) is 4.79 Å². The first-order chi connectivity index (χ1) is 9.19. The lowest BCUT2D eigenvalue weighted by Crippen LogP contribution is -2.21. The minimum absolute atomic E-state index is 0.0649. The zero-order valence-corrected chi connectivity index (χ0v) is 10.7. The number of rotatable bonds is 5. The molecule has 0 aliphatic rings. The Hall–Kier alpha value is -2.34. The Morgan fingerprint density at radius 1 is 1.47 bits per heavy atom. The molecule has 0 saturated carbocycles. The molecule has 3 N–H and O–H groups in total. The van der Waals surface area contributed by atoms with Crippen molar-refractivity contribution in [2.45, 2.75) is 6.54 Å². The third-order valence-corrected chi connectivity index (χ3v) is 2.56. The van der Waals surface area contributed by atoms with Gasteiger partial charge in [0, 0.05) is 19.3 Å². The second kappa shape index (κ2) is 6.01. The van der Waals surface area contributed by atoms with Crippen LogP contribution in [0.2, 0.25) is 0 Å². The monoisotopic (exact) mass is 260 g/mol. The van der Waals surface area contributed by atoms with Gasteiger partial charge < -0.3 is 15.8 Å². The molecular formula is C13H16N4O2. The van der Waals surface area contributed by atoms with Gasteiger partial charge in [-0.3, -0.25) is 9.48 Å². The van der Waals surface area contributed by atoms with Crippen LogP contribution in [0.1, 0.15) is 5.56 Å². The van der Waals surface area contributed by atoms with Crippen LogP contribution in [0.3, 0.4) is 0 Å². The summed E-state index contributed by atoms with van der Waals surface area (Å²) in [5.41, 5.74) is 7.20. The first kappa shape index (κ1) is 13.1. The molecule has 0 bridgehead atoms. The predicted molar refractivity (Wildman–Crippen MR) is 71.7 cm³/mol. The van der Waals surface area contributed by atoms with E-state index in [0.29, 0.717) is 18.0 Å². The number of carbonyl (C=O) groups is 1. The summed E-state index contributed by atoms with van der Waals surface area (Å²) < 4.78 is 6.92. The molecule has 0 aliphatic heterocycles. The van der Waals surface area contributed by atoms with E-state index in [1.807, 2.05) is 24.3 Å². The van der Waals surface area contributed by atoms with Crippen LogP contribution in [-0.2, 0) is 18.4 Å². The molecule has 0 saturated heterocycles. The minimum Gasteiger partial charge on any atom is -0.480 e. The Labute approximate surface area is 111 Å². The molecule has 0 aliphatic carbocycles. The number of aryl methyl sites for hydroxylation is 1. The van der Waals surface area contributed by atoms with E-state index in [2.05, 4.69) is 10.4 Å². The molecule has 1 aromatic carbocycles. The third kappa shape index (κ3) is 3.56. The van der Waals surface area contributed by atoms with Crippen molar-refractivity contribution in [3.8, 4) is 5.75 Å². The van der Waals surface area contributed by atoms with Crippen molar-refractivity contribution in [3.05, 3.63) is 42.2 Å². The van der Waals surface area contributed by atoms with Crippen LogP contribution in [0.15, 0.2) is 36.7 Å². The number of nitrogens with zero attached hydrogens (tertiary/aromatic N) is 2. The number of benzene rings is 1. The smallest absolute Gasteiger partial charge is 0.262 e. The number of nitrogens with one attached hydrogen (secondary N) is 1. The average Bonchev–Trinajstić information content (AvgIpc) is 2.83. The molecule has 6 nitrogen and oxygen atoms in total. The van der Waals surface area contributed by atoms with Crippen LogP contribution in [0.25, 0.3) is 0 Å². The molecule has 1 heterocycles. The van der Waals surface area contributed by atoms with Gasteiger partial charge in [0.1, 0.15) is 0 Å². The van der Waals surface area contributed by atoms with E-state index in [1.54, 1.807) is 24.1 Å². The normalized spacial score (nSPS) is 10.2. The average molecular weight is 260 g/mol. The van der Waals surface area contributed by atoms with E-state index in [1.165, 1.54) is 0 Å². The summed E-state index contributed by atoms with van der Waals surface area (Å²) >= 11 is 0. The zero-order valence-electron chi connectivity index (χ0n) is 10.7. The lowest BCUT2D eigenvalue weighted by Gasteiger charge is -2.09. The van der Waals surface area contributed by atoms with E-state index in [0.717, 1.165) is 5.56 Å². The summed E-state index contributed by atoms with van der Waals surface area (Å²) in [6, 6.07) is 7.41. The van der Waals surface area contributed by atoms with Crippen LogP contribution in [-0.4, -0.2) is 22.3 Å². The van der Waals surface area contributed by atoms with E-state index in [4.69, 9.17) is 10.5 Å². The summed E-state index contributed by atoms with van der Waals surface area (Å²) in [5, 5.41) is 6.72. The number of carbonyl (C=O) groups excluding carboxylic acids is 1. The van der Waals surface area contributed by atoms with Crippen LogP contribution < -0.4 is 15.8 Å². The van der Waals surface area contributed by atoms with Gasteiger partial charge in [0.05, 0.1) is 12.4 Å². The largest absolute Gasteiger partial charge is 0.480 e. The Morgan fingerprint density at radius 3 is 2.95 bits per heavy atom. The first-order valence-electron chi connectivity index (χ1n) is 5.88. The van der Waals surface area contributed by atoms with E-state index >= 15 is 0 Å². The molecule has 2 rings (SSSR count). The number of para-hydroxylation sites is 1. The number of ether oxygens (including phenoxy) is 1. The maximum atomic E-state index is 11.8. The molecule has 1 amide bonds. The summed E-state index contributed by atoms with van der Waals surface area (Å²) in [6.45, 7) is 0.310. The van der Waals surface area contributed by atoms with E-state index in [-0.39, 0.29) is 12.5 Å². The molecule has 19 heavy (non-hydrogen) atoms. The highest BCUT2D eigenvalue weighted by Crippen LogP contribution is 2.14. The lowest BCUT2D eigenvalue weighted by atomic mass is 10.2. The van der Waals surface area contributed by atoms with Crippen LogP contribution in [0, 0.1) is 0 Å². The maximum Gasteiger partial charge on any atom is 0.262 e. The quantitative estimate of drug-likeness (QED) is 0.836.